The van der Waals surface area contributed by atoms with Gasteiger partial charge in [-0.25, -0.2) is 10.5 Å². The molecule has 0 unspecified atom stereocenters. The summed E-state index contributed by atoms with van der Waals surface area (Å²) in [7, 11) is 1.82. The molecule has 1 amide bonds. The second kappa shape index (κ2) is 10.2. The van der Waals surface area contributed by atoms with Crippen LogP contribution in [0.5, 0.6) is 11.5 Å². The molecule has 0 saturated carbocycles. The summed E-state index contributed by atoms with van der Waals surface area (Å²) in [6, 6.07) is 14.4. The maximum atomic E-state index is 12.5. The van der Waals surface area contributed by atoms with Gasteiger partial charge in [0.2, 0.25) is 5.95 Å². The fourth-order valence-corrected chi connectivity index (χ4v) is 3.69. The molecule has 0 spiro atoms. The number of fused-ring (bicyclic) bond motifs is 1. The number of nitrogens with zero attached hydrogens (tertiary/aromatic N) is 3. The predicted octanol–water partition coefficient (Wildman–Crippen LogP) is 5.80. The maximum Gasteiger partial charge on any atom is 0.446 e. The largest absolute Gasteiger partial charge is 0.457 e. The molecule has 8 nitrogen and oxygen atoms in total. The number of aromatic nitrogens is 3. The highest BCUT2D eigenvalue weighted by atomic mass is 32.2. The molecule has 0 aliphatic rings. The molecule has 4 aromatic rings. The molecule has 0 atom stereocenters. The molecule has 0 bridgehead atoms. The Kier molecular flexibility index (Phi) is 7.12. The standard InChI is InChI=1S/C23H20F3N5O3S/c1-3-33-30-21(32)19-13-16(10-11-27-19)34-15-6-9-20-18(12-15)29-22(31(20)2)28-14-4-7-17(8-5-14)35-23(24,25)26/h4-13H,3H2,1-2H3,(H,28,29)(H,30,32). The monoisotopic (exact) mass is 503 g/mol. The van der Waals surface area contributed by atoms with Gasteiger partial charge < -0.3 is 14.6 Å². The molecular formula is C23H20F3N5O3S. The Bertz CT molecular complexity index is 1340. The Balaban J connectivity index is 1.49. The average Bonchev–Trinajstić information content (AvgIpc) is 3.12. The van der Waals surface area contributed by atoms with Crippen LogP contribution in [0.15, 0.2) is 65.7 Å². The van der Waals surface area contributed by atoms with Crippen LogP contribution >= 0.6 is 11.8 Å². The van der Waals surface area contributed by atoms with Crippen molar-refractivity contribution in [1.29, 1.82) is 0 Å². The van der Waals surface area contributed by atoms with Gasteiger partial charge in [-0.2, -0.15) is 13.2 Å². The second-order valence-electron chi connectivity index (χ2n) is 7.19. The highest BCUT2D eigenvalue weighted by Gasteiger charge is 2.29. The number of carbonyl (C=O) groups excluding carboxylic acids is 1. The molecule has 2 N–H and O–H groups in total. The highest BCUT2D eigenvalue weighted by molar-refractivity contribution is 8.00. The van der Waals surface area contributed by atoms with Gasteiger partial charge in [-0.3, -0.25) is 14.6 Å². The lowest BCUT2D eigenvalue weighted by molar-refractivity contribution is -0.0328. The first-order chi connectivity index (χ1) is 16.7. The molecule has 0 aliphatic heterocycles. The number of alkyl halides is 3. The molecule has 12 heteroatoms. The van der Waals surface area contributed by atoms with Gasteiger partial charge in [0.1, 0.15) is 17.2 Å². The van der Waals surface area contributed by atoms with Crippen molar-refractivity contribution in [3.63, 3.8) is 0 Å². The number of imidazole rings is 1. The second-order valence-corrected chi connectivity index (χ2v) is 8.32. The molecule has 182 valence electrons. The fraction of sp³-hybridized carbons (Fsp3) is 0.174. The SMILES string of the molecule is CCONC(=O)c1cc(Oc2ccc3c(c2)nc(Nc2ccc(SC(F)(F)F)cc2)n3C)ccn1. The van der Waals surface area contributed by atoms with Crippen LogP contribution in [0.2, 0.25) is 0 Å². The lowest BCUT2D eigenvalue weighted by atomic mass is 10.3. The number of anilines is 2. The minimum atomic E-state index is -4.33. The highest BCUT2D eigenvalue weighted by Crippen LogP contribution is 2.37. The quantitative estimate of drug-likeness (QED) is 0.232. The number of pyridine rings is 1. The summed E-state index contributed by atoms with van der Waals surface area (Å²) in [4.78, 5) is 25.6. The number of rotatable bonds is 8. The number of nitrogens with one attached hydrogen (secondary N) is 2. The molecule has 4 rings (SSSR count). The number of hydroxylamine groups is 1. The van der Waals surface area contributed by atoms with Crippen LogP contribution in [0.3, 0.4) is 0 Å². The number of ether oxygens (including phenoxy) is 1. The van der Waals surface area contributed by atoms with Crippen LogP contribution < -0.4 is 15.5 Å². The topological polar surface area (TPSA) is 90.3 Å². The summed E-state index contributed by atoms with van der Waals surface area (Å²) >= 11 is -0.164. The van der Waals surface area contributed by atoms with E-state index in [0.717, 1.165) is 5.52 Å². The first kappa shape index (κ1) is 24.4. The summed E-state index contributed by atoms with van der Waals surface area (Å²) in [5, 5.41) is 3.11. The summed E-state index contributed by atoms with van der Waals surface area (Å²) in [5.41, 5.74) is 0.137. The van der Waals surface area contributed by atoms with E-state index in [1.165, 1.54) is 24.4 Å². The van der Waals surface area contributed by atoms with Gasteiger partial charge in [0, 0.05) is 36.0 Å². The number of amides is 1. The average molecular weight is 504 g/mol. The van der Waals surface area contributed by atoms with Crippen LogP contribution in [0.25, 0.3) is 11.0 Å². The number of carbonyl (C=O) groups is 1. The van der Waals surface area contributed by atoms with Gasteiger partial charge >= 0.3 is 5.51 Å². The van der Waals surface area contributed by atoms with Crippen molar-refractivity contribution in [2.75, 3.05) is 11.9 Å². The van der Waals surface area contributed by atoms with Crippen LogP contribution in [-0.4, -0.2) is 32.6 Å². The first-order valence-corrected chi connectivity index (χ1v) is 11.2. The number of aryl methyl sites for hydroxylation is 1. The Morgan fingerprint density at radius 2 is 1.83 bits per heavy atom. The van der Waals surface area contributed by atoms with Crippen molar-refractivity contribution >= 4 is 40.3 Å². The van der Waals surface area contributed by atoms with E-state index >= 15 is 0 Å². The predicted molar refractivity (Wildman–Crippen MR) is 126 cm³/mol. The number of halogens is 3. The van der Waals surface area contributed by atoms with Gasteiger partial charge in [0.15, 0.2) is 0 Å². The normalized spacial score (nSPS) is 11.5. The van der Waals surface area contributed by atoms with Gasteiger partial charge in [-0.15, -0.1) is 0 Å². The van der Waals surface area contributed by atoms with Gasteiger partial charge in [0.25, 0.3) is 5.91 Å². The van der Waals surface area contributed by atoms with E-state index in [2.05, 4.69) is 20.8 Å². The van der Waals surface area contributed by atoms with Crippen molar-refractivity contribution in [1.82, 2.24) is 20.0 Å². The zero-order valence-corrected chi connectivity index (χ0v) is 19.4. The zero-order valence-electron chi connectivity index (χ0n) is 18.6. The minimum Gasteiger partial charge on any atom is -0.457 e. The number of hydrogen-bond donors (Lipinski definition) is 2. The van der Waals surface area contributed by atoms with Crippen LogP contribution in [-0.2, 0) is 11.9 Å². The van der Waals surface area contributed by atoms with E-state index < -0.39 is 11.4 Å². The third-order valence-corrected chi connectivity index (χ3v) is 5.44. The first-order valence-electron chi connectivity index (χ1n) is 10.4. The summed E-state index contributed by atoms with van der Waals surface area (Å²) in [6.45, 7) is 2.07. The molecule has 0 aliphatic carbocycles. The number of hydrogen-bond acceptors (Lipinski definition) is 7. The molecule has 35 heavy (non-hydrogen) atoms. The molecule has 0 radical (unpaired) electrons. The van der Waals surface area contributed by atoms with Crippen LogP contribution in [0, 0.1) is 0 Å². The fourth-order valence-electron chi connectivity index (χ4n) is 3.15. The summed E-state index contributed by atoms with van der Waals surface area (Å²) < 4.78 is 45.3. The van der Waals surface area contributed by atoms with E-state index in [9.17, 15) is 18.0 Å². The van der Waals surface area contributed by atoms with Crippen LogP contribution in [0.1, 0.15) is 17.4 Å². The van der Waals surface area contributed by atoms with Crippen molar-refractivity contribution in [2.24, 2.45) is 7.05 Å². The number of benzene rings is 2. The Morgan fingerprint density at radius 3 is 2.54 bits per heavy atom. The third kappa shape index (κ3) is 6.22. The minimum absolute atomic E-state index is 0.101. The van der Waals surface area contributed by atoms with Gasteiger partial charge in [-0.05, 0) is 61.2 Å². The van der Waals surface area contributed by atoms with Crippen molar-refractivity contribution in [3.05, 3.63) is 66.5 Å². The van der Waals surface area contributed by atoms with E-state index in [1.54, 1.807) is 37.3 Å². The van der Waals surface area contributed by atoms with Gasteiger partial charge in [-0.1, -0.05) is 0 Å². The summed E-state index contributed by atoms with van der Waals surface area (Å²) in [6.07, 6.45) is 1.45. The Hall–Kier alpha value is -3.77. The lowest BCUT2D eigenvalue weighted by Gasteiger charge is -2.08. The zero-order chi connectivity index (χ0) is 25.0. The van der Waals surface area contributed by atoms with Crippen molar-refractivity contribution in [2.45, 2.75) is 17.3 Å². The summed E-state index contributed by atoms with van der Waals surface area (Å²) in [5.74, 6) is 0.926. The smallest absolute Gasteiger partial charge is 0.446 e. The molecule has 2 aromatic carbocycles. The van der Waals surface area contributed by atoms with Crippen molar-refractivity contribution in [3.8, 4) is 11.5 Å². The Labute approximate surface area is 202 Å². The van der Waals surface area contributed by atoms with Crippen LogP contribution in [0.4, 0.5) is 24.8 Å². The van der Waals surface area contributed by atoms with E-state index in [0.29, 0.717) is 35.3 Å². The van der Waals surface area contributed by atoms with E-state index in [4.69, 9.17) is 9.57 Å². The third-order valence-electron chi connectivity index (χ3n) is 4.71. The van der Waals surface area contributed by atoms with Gasteiger partial charge in [0.05, 0.1) is 17.6 Å². The molecule has 2 heterocycles. The lowest BCUT2D eigenvalue weighted by Crippen LogP contribution is -2.24. The molecular weight excluding hydrogens is 483 g/mol. The van der Waals surface area contributed by atoms with E-state index in [-0.39, 0.29) is 22.4 Å². The molecule has 0 fully saturated rings. The molecule has 2 aromatic heterocycles. The maximum absolute atomic E-state index is 12.5. The Morgan fingerprint density at radius 1 is 1.09 bits per heavy atom. The van der Waals surface area contributed by atoms with Crippen molar-refractivity contribution < 1.29 is 27.5 Å². The van der Waals surface area contributed by atoms with E-state index in [1.807, 2.05) is 17.7 Å². The molecule has 0 saturated heterocycles. The number of thioether (sulfide) groups is 1.